The van der Waals surface area contributed by atoms with Crippen molar-refractivity contribution in [3.8, 4) is 0 Å². The third kappa shape index (κ3) is 4.77. The van der Waals surface area contributed by atoms with Gasteiger partial charge in [-0.05, 0) is 54.7 Å². The van der Waals surface area contributed by atoms with Crippen LogP contribution in [-0.4, -0.2) is 6.04 Å². The van der Waals surface area contributed by atoms with Crippen LogP contribution in [0.5, 0.6) is 0 Å². The van der Waals surface area contributed by atoms with Gasteiger partial charge in [-0.3, -0.25) is 0 Å². The summed E-state index contributed by atoms with van der Waals surface area (Å²) in [6, 6.07) is 14.9. The molecule has 0 heterocycles. The van der Waals surface area contributed by atoms with Crippen LogP contribution in [0.15, 0.2) is 47.4 Å². The Morgan fingerprint density at radius 3 is 2.57 bits per heavy atom. The van der Waals surface area contributed by atoms with Crippen LogP contribution < -0.4 is 5.73 Å². The second kappa shape index (κ2) is 7.88. The van der Waals surface area contributed by atoms with Gasteiger partial charge in [-0.2, -0.15) is 0 Å². The van der Waals surface area contributed by atoms with E-state index in [1.165, 1.54) is 21.6 Å². The number of halogens is 1. The van der Waals surface area contributed by atoms with Crippen molar-refractivity contribution in [2.24, 2.45) is 5.73 Å². The number of benzene rings is 2. The summed E-state index contributed by atoms with van der Waals surface area (Å²) in [6.45, 7) is 4.30. The Morgan fingerprint density at radius 2 is 1.90 bits per heavy atom. The number of rotatable bonds is 6. The first-order chi connectivity index (χ1) is 10.1. The minimum Gasteiger partial charge on any atom is -0.327 e. The third-order valence-electron chi connectivity index (χ3n) is 3.67. The summed E-state index contributed by atoms with van der Waals surface area (Å²) >= 11 is 8.01. The predicted octanol–water partition coefficient (Wildman–Crippen LogP) is 5.22. The molecule has 0 saturated heterocycles. The zero-order valence-corrected chi connectivity index (χ0v) is 14.2. The number of thioether (sulfide) groups is 1. The number of hydrogen-bond acceptors (Lipinski definition) is 2. The van der Waals surface area contributed by atoms with Crippen LogP contribution in [0.25, 0.3) is 0 Å². The van der Waals surface area contributed by atoms with E-state index in [1.807, 2.05) is 30.0 Å². The Hall–Kier alpha value is -0.960. The van der Waals surface area contributed by atoms with E-state index in [2.05, 4.69) is 38.1 Å². The monoisotopic (exact) mass is 319 g/mol. The van der Waals surface area contributed by atoms with E-state index in [9.17, 15) is 0 Å². The molecule has 1 atom stereocenters. The molecule has 2 aromatic rings. The summed E-state index contributed by atoms with van der Waals surface area (Å²) in [4.78, 5) is 1.28. The van der Waals surface area contributed by atoms with Crippen molar-refractivity contribution in [3.05, 3.63) is 64.2 Å². The lowest BCUT2D eigenvalue weighted by molar-refractivity contribution is 0.644. The summed E-state index contributed by atoms with van der Waals surface area (Å²) in [5.74, 6) is 0.896. The number of hydrogen-bond donors (Lipinski definition) is 1. The van der Waals surface area contributed by atoms with Crippen molar-refractivity contribution in [3.63, 3.8) is 0 Å². The van der Waals surface area contributed by atoms with Crippen LogP contribution in [0.4, 0.5) is 0 Å². The van der Waals surface area contributed by atoms with Crippen molar-refractivity contribution >= 4 is 23.4 Å². The molecule has 2 aromatic carbocycles. The number of aryl methyl sites for hydroxylation is 1. The van der Waals surface area contributed by atoms with Crippen LogP contribution in [0.3, 0.4) is 0 Å². The smallest absolute Gasteiger partial charge is 0.0446 e. The Bertz CT molecular complexity index is 598. The van der Waals surface area contributed by atoms with Gasteiger partial charge in [0, 0.05) is 21.7 Å². The molecular formula is C18H22ClNS. The molecule has 0 aliphatic carbocycles. The molecule has 3 heteroatoms. The van der Waals surface area contributed by atoms with Crippen LogP contribution in [0.1, 0.15) is 30.0 Å². The standard InChI is InChI=1S/C18H22ClNS/c1-3-16(20)11-14-8-9-17(10-13(14)2)21-12-15-6-4-5-7-18(15)19/h4-10,16H,3,11-12,20H2,1-2H3. The van der Waals surface area contributed by atoms with Gasteiger partial charge < -0.3 is 5.73 Å². The highest BCUT2D eigenvalue weighted by atomic mass is 35.5. The van der Waals surface area contributed by atoms with Crippen LogP contribution in [0, 0.1) is 6.92 Å². The van der Waals surface area contributed by atoms with Crippen molar-refractivity contribution in [1.29, 1.82) is 0 Å². The van der Waals surface area contributed by atoms with Gasteiger partial charge in [0.1, 0.15) is 0 Å². The van der Waals surface area contributed by atoms with E-state index in [1.54, 1.807) is 0 Å². The van der Waals surface area contributed by atoms with E-state index in [0.29, 0.717) is 0 Å². The highest BCUT2D eigenvalue weighted by Crippen LogP contribution is 2.28. The van der Waals surface area contributed by atoms with Crippen LogP contribution >= 0.6 is 23.4 Å². The SMILES string of the molecule is CCC(N)Cc1ccc(SCc2ccccc2Cl)cc1C. The molecule has 112 valence electrons. The largest absolute Gasteiger partial charge is 0.327 e. The third-order valence-corrected chi connectivity index (χ3v) is 5.08. The lowest BCUT2D eigenvalue weighted by atomic mass is 10.0. The highest BCUT2D eigenvalue weighted by Gasteiger charge is 2.06. The van der Waals surface area contributed by atoms with E-state index in [-0.39, 0.29) is 6.04 Å². The minimum atomic E-state index is 0.255. The highest BCUT2D eigenvalue weighted by molar-refractivity contribution is 7.98. The first-order valence-electron chi connectivity index (χ1n) is 7.31. The fourth-order valence-electron chi connectivity index (χ4n) is 2.19. The van der Waals surface area contributed by atoms with Gasteiger partial charge in [0.2, 0.25) is 0 Å². The maximum absolute atomic E-state index is 6.19. The molecule has 0 aliphatic rings. The Kier molecular flexibility index (Phi) is 6.16. The molecule has 0 bridgehead atoms. The van der Waals surface area contributed by atoms with Gasteiger partial charge in [0.05, 0.1) is 0 Å². The van der Waals surface area contributed by atoms with Crippen LogP contribution in [0.2, 0.25) is 5.02 Å². The van der Waals surface area contributed by atoms with Gasteiger partial charge >= 0.3 is 0 Å². The van der Waals surface area contributed by atoms with E-state index < -0.39 is 0 Å². The Balaban J connectivity index is 2.02. The molecule has 0 fully saturated rings. The topological polar surface area (TPSA) is 26.0 Å². The van der Waals surface area contributed by atoms with Crippen molar-refractivity contribution < 1.29 is 0 Å². The molecule has 0 radical (unpaired) electrons. The van der Waals surface area contributed by atoms with Crippen molar-refractivity contribution in [2.45, 2.75) is 43.4 Å². The summed E-state index contributed by atoms with van der Waals surface area (Å²) < 4.78 is 0. The second-order valence-corrected chi connectivity index (χ2v) is 6.80. The van der Waals surface area contributed by atoms with E-state index in [4.69, 9.17) is 17.3 Å². The maximum atomic E-state index is 6.19. The fourth-order valence-corrected chi connectivity index (χ4v) is 3.47. The van der Waals surface area contributed by atoms with E-state index in [0.717, 1.165) is 23.6 Å². The molecular weight excluding hydrogens is 298 g/mol. The Labute approximate surface area is 136 Å². The maximum Gasteiger partial charge on any atom is 0.0446 e. The summed E-state index contributed by atoms with van der Waals surface area (Å²) in [7, 11) is 0. The second-order valence-electron chi connectivity index (χ2n) is 5.34. The minimum absolute atomic E-state index is 0.255. The zero-order chi connectivity index (χ0) is 15.2. The lowest BCUT2D eigenvalue weighted by Gasteiger charge is -2.12. The van der Waals surface area contributed by atoms with Gasteiger partial charge in [-0.15, -0.1) is 11.8 Å². The van der Waals surface area contributed by atoms with Crippen molar-refractivity contribution in [1.82, 2.24) is 0 Å². The van der Waals surface area contributed by atoms with Gasteiger partial charge in [0.25, 0.3) is 0 Å². The average Bonchev–Trinajstić information content (AvgIpc) is 2.48. The van der Waals surface area contributed by atoms with E-state index >= 15 is 0 Å². The molecule has 2 rings (SSSR count). The molecule has 0 amide bonds. The van der Waals surface area contributed by atoms with Gasteiger partial charge in [-0.25, -0.2) is 0 Å². The summed E-state index contributed by atoms with van der Waals surface area (Å²) in [5.41, 5.74) is 9.90. The van der Waals surface area contributed by atoms with Crippen LogP contribution in [-0.2, 0) is 12.2 Å². The van der Waals surface area contributed by atoms with Gasteiger partial charge in [0.15, 0.2) is 0 Å². The first-order valence-corrected chi connectivity index (χ1v) is 8.67. The molecule has 1 nitrogen and oxygen atoms in total. The Morgan fingerprint density at radius 1 is 1.14 bits per heavy atom. The zero-order valence-electron chi connectivity index (χ0n) is 12.6. The molecule has 0 aromatic heterocycles. The van der Waals surface area contributed by atoms with Crippen molar-refractivity contribution in [2.75, 3.05) is 0 Å². The predicted molar refractivity (Wildman–Crippen MR) is 94.2 cm³/mol. The fraction of sp³-hybridized carbons (Fsp3) is 0.333. The molecule has 1 unspecified atom stereocenters. The number of nitrogens with two attached hydrogens (primary N) is 1. The summed E-state index contributed by atoms with van der Waals surface area (Å²) in [5, 5.41) is 0.840. The quantitative estimate of drug-likeness (QED) is 0.739. The molecule has 21 heavy (non-hydrogen) atoms. The molecule has 2 N–H and O–H groups in total. The first kappa shape index (κ1) is 16.4. The normalized spacial score (nSPS) is 12.4. The van der Waals surface area contributed by atoms with Gasteiger partial charge in [-0.1, -0.05) is 42.8 Å². The molecule has 0 spiro atoms. The average molecular weight is 320 g/mol. The lowest BCUT2D eigenvalue weighted by Crippen LogP contribution is -2.21. The summed E-state index contributed by atoms with van der Waals surface area (Å²) in [6.07, 6.45) is 1.97. The molecule has 0 saturated carbocycles. The molecule has 0 aliphatic heterocycles.